The number of nitrogens with one attached hydrogen (secondary N) is 1. The van der Waals surface area contributed by atoms with Crippen LogP contribution in [0.15, 0.2) is 18.2 Å². The predicted octanol–water partition coefficient (Wildman–Crippen LogP) is 2.82. The second-order valence-electron chi connectivity index (χ2n) is 4.55. The average Bonchev–Trinajstić information content (AvgIpc) is 2.72. The van der Waals surface area contributed by atoms with Gasteiger partial charge in [0.1, 0.15) is 17.1 Å². The molecule has 1 aliphatic carbocycles. The first kappa shape index (κ1) is 13.3. The molecule has 2 N–H and O–H groups in total. The van der Waals surface area contributed by atoms with Crippen LogP contribution in [0.25, 0.3) is 0 Å². The number of amides is 1. The second-order valence-corrected chi connectivity index (χ2v) is 5.73. The third kappa shape index (κ3) is 2.83. The maximum Gasteiger partial charge on any atom is 0.258 e. The molecule has 1 aromatic carbocycles. The molecule has 1 saturated carbocycles. The average molecular weight is 316 g/mol. The first-order valence-electron chi connectivity index (χ1n) is 5.99. The van der Waals surface area contributed by atoms with Crippen LogP contribution in [0.2, 0.25) is 0 Å². The fourth-order valence-corrected chi connectivity index (χ4v) is 3.05. The summed E-state index contributed by atoms with van der Waals surface area (Å²) in [5.41, 5.74) is -0.276. The van der Waals surface area contributed by atoms with Crippen LogP contribution in [-0.2, 0) is 0 Å². The van der Waals surface area contributed by atoms with Crippen molar-refractivity contribution in [1.82, 2.24) is 5.32 Å². The predicted molar refractivity (Wildman–Crippen MR) is 70.5 cm³/mol. The monoisotopic (exact) mass is 315 g/mol. The Morgan fingerprint density at radius 3 is 2.89 bits per heavy atom. The molecule has 2 rings (SSSR count). The van der Waals surface area contributed by atoms with E-state index in [1.165, 1.54) is 12.1 Å². The van der Waals surface area contributed by atoms with Gasteiger partial charge in [0.2, 0.25) is 0 Å². The molecular weight excluding hydrogens is 301 g/mol. The molecule has 3 nitrogen and oxygen atoms in total. The van der Waals surface area contributed by atoms with Gasteiger partial charge in [-0.05, 0) is 30.9 Å². The highest BCUT2D eigenvalue weighted by Gasteiger charge is 2.26. The van der Waals surface area contributed by atoms with Gasteiger partial charge in [-0.3, -0.25) is 4.79 Å². The minimum atomic E-state index is -0.700. The van der Waals surface area contributed by atoms with E-state index in [9.17, 15) is 14.3 Å². The van der Waals surface area contributed by atoms with Gasteiger partial charge in [-0.25, -0.2) is 4.39 Å². The number of carbonyl (C=O) groups excluding carboxylic acids is 1. The van der Waals surface area contributed by atoms with E-state index in [0.29, 0.717) is 17.3 Å². The third-order valence-corrected chi connectivity index (χ3v) is 4.52. The summed E-state index contributed by atoms with van der Waals surface area (Å²) >= 11 is 3.57. The summed E-state index contributed by atoms with van der Waals surface area (Å²) in [6, 6.07) is 3.84. The standard InChI is InChI=1S/C13H15BrFNO2/c14-9-4-1-3-8(9)7-16-13(18)12-10(15)5-2-6-11(12)17/h2,5-6,8-9,17H,1,3-4,7H2,(H,16,18). The normalized spacial score (nSPS) is 23.0. The highest BCUT2D eigenvalue weighted by molar-refractivity contribution is 9.09. The molecule has 0 aromatic heterocycles. The van der Waals surface area contributed by atoms with Crippen LogP contribution in [0.4, 0.5) is 4.39 Å². The third-order valence-electron chi connectivity index (χ3n) is 3.31. The van der Waals surface area contributed by atoms with Crippen molar-refractivity contribution in [2.75, 3.05) is 6.54 Å². The van der Waals surface area contributed by atoms with Crippen molar-refractivity contribution in [2.24, 2.45) is 5.92 Å². The summed E-state index contributed by atoms with van der Waals surface area (Å²) in [6.07, 6.45) is 3.30. The fourth-order valence-electron chi connectivity index (χ4n) is 2.27. The molecule has 0 heterocycles. The Labute approximate surface area is 114 Å². The second kappa shape index (κ2) is 5.69. The van der Waals surface area contributed by atoms with Gasteiger partial charge in [0, 0.05) is 11.4 Å². The van der Waals surface area contributed by atoms with E-state index >= 15 is 0 Å². The number of phenolic OH excluding ortho intramolecular Hbond substituents is 1. The van der Waals surface area contributed by atoms with Gasteiger partial charge in [-0.2, -0.15) is 0 Å². The van der Waals surface area contributed by atoms with Gasteiger partial charge in [-0.1, -0.05) is 28.4 Å². The molecule has 1 amide bonds. The maximum atomic E-state index is 13.4. The molecule has 5 heteroatoms. The van der Waals surface area contributed by atoms with Crippen molar-refractivity contribution in [3.8, 4) is 5.75 Å². The van der Waals surface area contributed by atoms with Gasteiger partial charge < -0.3 is 10.4 Å². The summed E-state index contributed by atoms with van der Waals surface area (Å²) < 4.78 is 13.4. The Kier molecular flexibility index (Phi) is 4.22. The SMILES string of the molecule is O=C(NCC1CCCC1Br)c1c(O)cccc1F. The number of aromatic hydroxyl groups is 1. The molecule has 0 saturated heterocycles. The van der Waals surface area contributed by atoms with Crippen LogP contribution >= 0.6 is 15.9 Å². The summed E-state index contributed by atoms with van der Waals surface area (Å²) in [6.45, 7) is 0.503. The maximum absolute atomic E-state index is 13.4. The zero-order valence-corrected chi connectivity index (χ0v) is 11.4. The molecule has 2 atom stereocenters. The van der Waals surface area contributed by atoms with Crippen molar-refractivity contribution in [3.05, 3.63) is 29.6 Å². The highest BCUT2D eigenvalue weighted by Crippen LogP contribution is 2.31. The van der Waals surface area contributed by atoms with Crippen LogP contribution in [0.5, 0.6) is 5.75 Å². The van der Waals surface area contributed by atoms with Crippen LogP contribution in [0, 0.1) is 11.7 Å². The lowest BCUT2D eigenvalue weighted by Crippen LogP contribution is -2.31. The van der Waals surface area contributed by atoms with Gasteiger partial charge >= 0.3 is 0 Å². The first-order chi connectivity index (χ1) is 8.59. The molecule has 0 radical (unpaired) electrons. The van der Waals surface area contributed by atoms with Crippen LogP contribution in [-0.4, -0.2) is 22.4 Å². The Bertz CT molecular complexity index is 432. The van der Waals surface area contributed by atoms with E-state index in [0.717, 1.165) is 25.3 Å². The topological polar surface area (TPSA) is 49.3 Å². The molecule has 0 aliphatic heterocycles. The number of phenols is 1. The van der Waals surface area contributed by atoms with E-state index in [1.807, 2.05) is 0 Å². The molecule has 1 fully saturated rings. The van der Waals surface area contributed by atoms with Crippen molar-refractivity contribution in [1.29, 1.82) is 0 Å². The zero-order chi connectivity index (χ0) is 13.1. The van der Waals surface area contributed by atoms with Crippen molar-refractivity contribution >= 4 is 21.8 Å². The molecule has 1 aliphatic rings. The van der Waals surface area contributed by atoms with Gasteiger partial charge in [-0.15, -0.1) is 0 Å². The van der Waals surface area contributed by atoms with E-state index in [-0.39, 0.29) is 11.3 Å². The number of alkyl halides is 1. The Balaban J connectivity index is 1.99. The zero-order valence-electron chi connectivity index (χ0n) is 9.83. The Morgan fingerprint density at radius 1 is 1.50 bits per heavy atom. The molecule has 0 bridgehead atoms. The van der Waals surface area contributed by atoms with Gasteiger partial charge in [0.05, 0.1) is 0 Å². The lowest BCUT2D eigenvalue weighted by atomic mass is 10.1. The van der Waals surface area contributed by atoms with Crippen molar-refractivity contribution in [3.63, 3.8) is 0 Å². The van der Waals surface area contributed by atoms with E-state index < -0.39 is 11.7 Å². The molecule has 98 valence electrons. The lowest BCUT2D eigenvalue weighted by Gasteiger charge is -2.15. The highest BCUT2D eigenvalue weighted by atomic mass is 79.9. The van der Waals surface area contributed by atoms with E-state index in [4.69, 9.17) is 0 Å². The summed E-state index contributed by atoms with van der Waals surface area (Å²) in [4.78, 5) is 12.2. The Hall–Kier alpha value is -1.10. The summed E-state index contributed by atoms with van der Waals surface area (Å²) in [5.74, 6) is -1.20. The van der Waals surface area contributed by atoms with Crippen LogP contribution in [0.3, 0.4) is 0 Å². The number of halogens is 2. The Morgan fingerprint density at radius 2 is 2.28 bits per heavy atom. The minimum Gasteiger partial charge on any atom is -0.507 e. The number of hydrogen-bond donors (Lipinski definition) is 2. The molecule has 18 heavy (non-hydrogen) atoms. The summed E-state index contributed by atoms with van der Waals surface area (Å²) in [7, 11) is 0. The van der Waals surface area contributed by atoms with Gasteiger partial charge in [0.15, 0.2) is 0 Å². The molecule has 0 spiro atoms. The van der Waals surface area contributed by atoms with Crippen LogP contribution in [0.1, 0.15) is 29.6 Å². The largest absolute Gasteiger partial charge is 0.507 e. The number of rotatable bonds is 3. The summed E-state index contributed by atoms with van der Waals surface area (Å²) in [5, 5.41) is 12.2. The molecule has 2 unspecified atom stereocenters. The van der Waals surface area contributed by atoms with Crippen LogP contribution < -0.4 is 5.32 Å². The van der Waals surface area contributed by atoms with E-state index in [2.05, 4.69) is 21.2 Å². The van der Waals surface area contributed by atoms with Crippen molar-refractivity contribution in [2.45, 2.75) is 24.1 Å². The number of benzene rings is 1. The van der Waals surface area contributed by atoms with Crippen molar-refractivity contribution < 1.29 is 14.3 Å². The lowest BCUT2D eigenvalue weighted by molar-refractivity contribution is 0.0941. The first-order valence-corrected chi connectivity index (χ1v) is 6.91. The quantitative estimate of drug-likeness (QED) is 0.843. The number of carbonyl (C=O) groups is 1. The molecule has 1 aromatic rings. The smallest absolute Gasteiger partial charge is 0.258 e. The fraction of sp³-hybridized carbons (Fsp3) is 0.462. The van der Waals surface area contributed by atoms with E-state index in [1.54, 1.807) is 0 Å². The number of hydrogen-bond acceptors (Lipinski definition) is 2. The van der Waals surface area contributed by atoms with Gasteiger partial charge in [0.25, 0.3) is 5.91 Å². The minimum absolute atomic E-state index is 0.276. The molecular formula is C13H15BrFNO2.